The second-order valence-electron chi connectivity index (χ2n) is 8.21. The van der Waals surface area contributed by atoms with Gasteiger partial charge < -0.3 is 20.7 Å². The number of rotatable bonds is 5. The monoisotopic (exact) mass is 459 g/mol. The minimum atomic E-state index is -0.157. The van der Waals surface area contributed by atoms with Gasteiger partial charge >= 0.3 is 0 Å². The number of hydrogen-bond donors (Lipinski definition) is 4. The molecule has 6 rings (SSSR count). The standard InChI is InChI=1S/C28H21N5O2/c34-27(32-21-4-2-1-3-5-21)18-6-9-22(10-7-18)31-24-12-13-25(33-15-14-29-26(24)33)19-8-11-23-20(16-19)17-30-28(23)35/h1-17,30-31,35H,(H,32,34). The number of hydrogen-bond acceptors (Lipinski definition) is 4. The molecular weight excluding hydrogens is 438 g/mol. The van der Waals surface area contributed by atoms with E-state index in [4.69, 9.17) is 0 Å². The van der Waals surface area contributed by atoms with Crippen LogP contribution in [0.5, 0.6) is 5.88 Å². The van der Waals surface area contributed by atoms with Crippen LogP contribution in [0.2, 0.25) is 0 Å². The van der Waals surface area contributed by atoms with Gasteiger partial charge in [0.15, 0.2) is 11.5 Å². The van der Waals surface area contributed by atoms with Gasteiger partial charge in [-0.15, -0.1) is 0 Å². The van der Waals surface area contributed by atoms with E-state index in [1.54, 1.807) is 24.5 Å². The van der Waals surface area contributed by atoms with E-state index in [0.29, 0.717) is 5.56 Å². The van der Waals surface area contributed by atoms with Crippen LogP contribution >= 0.6 is 0 Å². The molecule has 0 unspecified atom stereocenters. The molecule has 0 saturated heterocycles. The van der Waals surface area contributed by atoms with Crippen molar-refractivity contribution in [1.29, 1.82) is 0 Å². The van der Waals surface area contributed by atoms with Crippen molar-refractivity contribution in [2.45, 2.75) is 0 Å². The van der Waals surface area contributed by atoms with Gasteiger partial charge in [0.05, 0.1) is 11.4 Å². The molecule has 1 amide bonds. The maximum atomic E-state index is 12.5. The Kier molecular flexibility index (Phi) is 4.93. The highest BCUT2D eigenvalue weighted by Crippen LogP contribution is 2.31. The molecule has 3 aromatic carbocycles. The molecule has 7 nitrogen and oxygen atoms in total. The van der Waals surface area contributed by atoms with E-state index in [0.717, 1.165) is 44.7 Å². The van der Waals surface area contributed by atoms with Crippen LogP contribution in [-0.2, 0) is 0 Å². The molecule has 6 aromatic rings. The summed E-state index contributed by atoms with van der Waals surface area (Å²) in [5.41, 5.74) is 5.81. The number of aromatic nitrogens is 3. The Morgan fingerprint density at radius 3 is 2.57 bits per heavy atom. The number of carbonyl (C=O) groups is 1. The Bertz CT molecular complexity index is 1670. The van der Waals surface area contributed by atoms with Gasteiger partial charge in [-0.3, -0.25) is 9.20 Å². The number of amides is 1. The number of imidazole rings is 1. The van der Waals surface area contributed by atoms with Crippen LogP contribution in [-0.4, -0.2) is 25.4 Å². The third kappa shape index (κ3) is 3.85. The number of nitrogens with zero attached hydrogens (tertiary/aromatic N) is 2. The lowest BCUT2D eigenvalue weighted by atomic mass is 10.1. The summed E-state index contributed by atoms with van der Waals surface area (Å²) in [5, 5.41) is 17.9. The van der Waals surface area contributed by atoms with E-state index >= 15 is 0 Å². The minimum Gasteiger partial charge on any atom is -0.494 e. The summed E-state index contributed by atoms with van der Waals surface area (Å²) in [6.45, 7) is 0. The molecule has 3 aromatic heterocycles. The van der Waals surface area contributed by atoms with Crippen molar-refractivity contribution in [2.24, 2.45) is 0 Å². The number of anilines is 3. The summed E-state index contributed by atoms with van der Waals surface area (Å²) in [5.74, 6) is 0.0119. The molecule has 7 heteroatoms. The minimum absolute atomic E-state index is 0.157. The largest absolute Gasteiger partial charge is 0.494 e. The first-order chi connectivity index (χ1) is 17.2. The lowest BCUT2D eigenvalue weighted by Gasteiger charge is -2.12. The van der Waals surface area contributed by atoms with E-state index in [9.17, 15) is 9.90 Å². The number of H-pyrrole nitrogens is 1. The van der Waals surface area contributed by atoms with Crippen LogP contribution in [0, 0.1) is 0 Å². The fraction of sp³-hybridized carbons (Fsp3) is 0. The normalized spacial score (nSPS) is 11.1. The molecule has 3 heterocycles. The lowest BCUT2D eigenvalue weighted by Crippen LogP contribution is -2.11. The number of para-hydroxylation sites is 1. The number of fused-ring (bicyclic) bond motifs is 2. The Labute approximate surface area is 200 Å². The third-order valence-corrected chi connectivity index (χ3v) is 5.97. The maximum absolute atomic E-state index is 12.5. The summed E-state index contributed by atoms with van der Waals surface area (Å²) >= 11 is 0. The van der Waals surface area contributed by atoms with Crippen LogP contribution in [0.25, 0.3) is 27.7 Å². The average molecular weight is 460 g/mol. The van der Waals surface area contributed by atoms with Crippen molar-refractivity contribution in [3.8, 4) is 17.1 Å². The van der Waals surface area contributed by atoms with Gasteiger partial charge in [-0.2, -0.15) is 0 Å². The molecule has 0 saturated carbocycles. The Morgan fingerprint density at radius 2 is 1.74 bits per heavy atom. The molecular formula is C28H21N5O2. The van der Waals surface area contributed by atoms with Crippen molar-refractivity contribution in [1.82, 2.24) is 14.4 Å². The predicted octanol–water partition coefficient (Wildman–Crippen LogP) is 6.18. The van der Waals surface area contributed by atoms with Crippen molar-refractivity contribution < 1.29 is 9.90 Å². The fourth-order valence-corrected chi connectivity index (χ4v) is 4.21. The molecule has 0 fully saturated rings. The Balaban J connectivity index is 1.25. The van der Waals surface area contributed by atoms with Crippen LogP contribution in [0.15, 0.2) is 104 Å². The summed E-state index contributed by atoms with van der Waals surface area (Å²) in [4.78, 5) is 19.9. The van der Waals surface area contributed by atoms with Gasteiger partial charge in [0.25, 0.3) is 5.91 Å². The van der Waals surface area contributed by atoms with Gasteiger partial charge in [-0.1, -0.05) is 24.3 Å². The molecule has 170 valence electrons. The maximum Gasteiger partial charge on any atom is 0.255 e. The molecule has 0 aliphatic rings. The number of carbonyl (C=O) groups excluding carboxylic acids is 1. The van der Waals surface area contributed by atoms with Gasteiger partial charge in [-0.05, 0) is 66.2 Å². The Hall–Kier alpha value is -5.04. The molecule has 0 aliphatic carbocycles. The third-order valence-electron chi connectivity index (χ3n) is 5.97. The van der Waals surface area contributed by atoms with Crippen molar-refractivity contribution in [3.63, 3.8) is 0 Å². The smallest absolute Gasteiger partial charge is 0.255 e. The summed E-state index contributed by atoms with van der Waals surface area (Å²) < 4.78 is 2.03. The van der Waals surface area contributed by atoms with Gasteiger partial charge in [0.2, 0.25) is 0 Å². The zero-order valence-electron chi connectivity index (χ0n) is 18.6. The average Bonchev–Trinajstić information content (AvgIpc) is 3.53. The molecule has 0 atom stereocenters. The van der Waals surface area contributed by atoms with E-state index in [2.05, 4.69) is 20.6 Å². The summed E-state index contributed by atoms with van der Waals surface area (Å²) in [6.07, 6.45) is 5.48. The summed E-state index contributed by atoms with van der Waals surface area (Å²) in [6, 6.07) is 26.7. The van der Waals surface area contributed by atoms with Crippen LogP contribution < -0.4 is 10.6 Å². The van der Waals surface area contributed by atoms with E-state index in [-0.39, 0.29) is 11.8 Å². The van der Waals surface area contributed by atoms with Gasteiger partial charge in [-0.25, -0.2) is 4.98 Å². The van der Waals surface area contributed by atoms with Crippen LogP contribution in [0.3, 0.4) is 0 Å². The predicted molar refractivity (Wildman–Crippen MR) is 138 cm³/mol. The van der Waals surface area contributed by atoms with E-state index in [1.807, 2.05) is 83.4 Å². The zero-order chi connectivity index (χ0) is 23.8. The number of nitrogens with one attached hydrogen (secondary N) is 3. The molecule has 0 bridgehead atoms. The topological polar surface area (TPSA) is 94.5 Å². The van der Waals surface area contributed by atoms with Crippen molar-refractivity contribution >= 4 is 39.4 Å². The molecule has 0 radical (unpaired) electrons. The van der Waals surface area contributed by atoms with Gasteiger partial charge in [0.1, 0.15) is 0 Å². The quantitative estimate of drug-likeness (QED) is 0.247. The molecule has 4 N–H and O–H groups in total. The van der Waals surface area contributed by atoms with Crippen molar-refractivity contribution in [3.05, 3.63) is 109 Å². The van der Waals surface area contributed by atoms with Crippen LogP contribution in [0.1, 0.15) is 10.4 Å². The number of aromatic hydroxyl groups is 1. The van der Waals surface area contributed by atoms with E-state index < -0.39 is 0 Å². The van der Waals surface area contributed by atoms with Crippen LogP contribution in [0.4, 0.5) is 17.1 Å². The SMILES string of the molecule is O=C(Nc1ccccc1)c1ccc(Nc2ccc(-c3ccc4c(O)[nH]cc4c3)n3ccnc23)cc1. The second kappa shape index (κ2) is 8.39. The first-order valence-corrected chi connectivity index (χ1v) is 11.2. The van der Waals surface area contributed by atoms with E-state index in [1.165, 1.54) is 0 Å². The molecule has 0 spiro atoms. The number of aromatic amines is 1. The summed E-state index contributed by atoms with van der Waals surface area (Å²) in [7, 11) is 0. The fourth-order valence-electron chi connectivity index (χ4n) is 4.21. The zero-order valence-corrected chi connectivity index (χ0v) is 18.6. The second-order valence-corrected chi connectivity index (χ2v) is 8.21. The number of benzene rings is 3. The lowest BCUT2D eigenvalue weighted by molar-refractivity contribution is 0.102. The Morgan fingerprint density at radius 1 is 0.914 bits per heavy atom. The molecule has 0 aliphatic heterocycles. The first kappa shape index (κ1) is 20.6. The number of pyridine rings is 1. The van der Waals surface area contributed by atoms with Gasteiger partial charge in [0, 0.05) is 46.3 Å². The first-order valence-electron chi connectivity index (χ1n) is 11.2. The highest BCUT2D eigenvalue weighted by molar-refractivity contribution is 6.04. The highest BCUT2D eigenvalue weighted by atomic mass is 16.3. The highest BCUT2D eigenvalue weighted by Gasteiger charge is 2.12. The molecule has 35 heavy (non-hydrogen) atoms. The van der Waals surface area contributed by atoms with Crippen molar-refractivity contribution in [2.75, 3.05) is 10.6 Å².